The minimum absolute atomic E-state index is 0.0110. The Kier molecular flexibility index (Phi) is 7.97. The highest BCUT2D eigenvalue weighted by atomic mass is 35.5. The van der Waals surface area contributed by atoms with Crippen molar-refractivity contribution < 1.29 is 38.1 Å². The summed E-state index contributed by atoms with van der Waals surface area (Å²) >= 11 is 19.2. The van der Waals surface area contributed by atoms with Crippen molar-refractivity contribution in [1.82, 2.24) is 0 Å². The highest BCUT2D eigenvalue weighted by molar-refractivity contribution is 6.32. The number of carbonyl (C=O) groups is 4. The minimum Gasteiger partial charge on any atom is -0.456 e. The van der Waals surface area contributed by atoms with E-state index < -0.39 is 29.8 Å². The van der Waals surface area contributed by atoms with Crippen molar-refractivity contribution in [3.8, 4) is 23.0 Å². The molecule has 0 aliphatic carbocycles. The van der Waals surface area contributed by atoms with Gasteiger partial charge in [0.1, 0.15) is 11.5 Å². The number of hydrogen-bond acceptors (Lipinski definition) is 8. The zero-order chi connectivity index (χ0) is 27.7. The van der Waals surface area contributed by atoms with Gasteiger partial charge < -0.3 is 18.9 Å². The van der Waals surface area contributed by atoms with Crippen LogP contribution < -0.4 is 14.2 Å². The van der Waals surface area contributed by atoms with Gasteiger partial charge >= 0.3 is 23.9 Å². The van der Waals surface area contributed by atoms with Gasteiger partial charge in [0, 0.05) is 55.8 Å². The highest BCUT2D eigenvalue weighted by Gasteiger charge is 2.36. The zero-order valence-corrected chi connectivity index (χ0v) is 22.5. The summed E-state index contributed by atoms with van der Waals surface area (Å²) in [5, 5.41) is 0.213. The van der Waals surface area contributed by atoms with Crippen LogP contribution in [0.25, 0.3) is 0 Å². The molecule has 0 radical (unpaired) electrons. The predicted molar refractivity (Wildman–Crippen MR) is 139 cm³/mol. The highest BCUT2D eigenvalue weighted by Crippen LogP contribution is 2.53. The average Bonchev–Trinajstić information content (AvgIpc) is 2.83. The summed E-state index contributed by atoms with van der Waals surface area (Å²) < 4.78 is 21.4. The monoisotopic (exact) mass is 576 g/mol. The molecule has 0 fully saturated rings. The third-order valence-electron chi connectivity index (χ3n) is 5.56. The lowest BCUT2D eigenvalue weighted by Crippen LogP contribution is -2.19. The molecule has 0 amide bonds. The van der Waals surface area contributed by atoms with E-state index in [1.54, 1.807) is 24.3 Å². The maximum Gasteiger partial charge on any atom is 0.346 e. The quantitative estimate of drug-likeness (QED) is 0.113. The molecule has 1 aliphatic rings. The van der Waals surface area contributed by atoms with Crippen LogP contribution in [0.2, 0.25) is 10.0 Å². The van der Waals surface area contributed by atoms with Crippen molar-refractivity contribution in [2.24, 2.45) is 0 Å². The van der Waals surface area contributed by atoms with Gasteiger partial charge in [0.15, 0.2) is 11.5 Å². The lowest BCUT2D eigenvalue weighted by Gasteiger charge is -2.31. The van der Waals surface area contributed by atoms with Gasteiger partial charge in [-0.05, 0) is 29.3 Å². The van der Waals surface area contributed by atoms with Crippen LogP contribution in [0.4, 0.5) is 0 Å². The van der Waals surface area contributed by atoms with Gasteiger partial charge in [-0.1, -0.05) is 35.3 Å². The Bertz CT molecular complexity index is 1430. The number of alkyl halides is 1. The number of halogens is 3. The minimum atomic E-state index is -0.876. The van der Waals surface area contributed by atoms with Crippen LogP contribution in [-0.2, 0) is 25.0 Å². The number of carbonyl (C=O) groups excluding carboxylic acids is 4. The van der Waals surface area contributed by atoms with Gasteiger partial charge in [0.05, 0.1) is 15.6 Å². The van der Waals surface area contributed by atoms with Crippen molar-refractivity contribution in [1.29, 1.82) is 0 Å². The molecule has 4 rings (SSSR count). The van der Waals surface area contributed by atoms with E-state index >= 15 is 0 Å². The molecule has 3 aromatic carbocycles. The maximum atomic E-state index is 13.0. The van der Waals surface area contributed by atoms with Crippen LogP contribution in [0.15, 0.2) is 42.5 Å². The van der Waals surface area contributed by atoms with E-state index in [2.05, 4.69) is 0 Å². The van der Waals surface area contributed by atoms with Crippen LogP contribution in [0.5, 0.6) is 23.0 Å². The standard InChI is InChI=1S/C27H19Cl3O8/c1-12(31)35-23-9-21-17(7-19(23)29)26(18-8-20(30)24(36-13(2)32)10-22(18)38-21)25-15(11-28)5-4-6-16(25)27(34)37-14(3)33/h4-10,26H,11H2,1-3H3. The first kappa shape index (κ1) is 27.4. The Morgan fingerprint density at radius 3 is 1.79 bits per heavy atom. The molecule has 0 atom stereocenters. The van der Waals surface area contributed by atoms with E-state index in [0.717, 1.165) is 6.92 Å². The molecule has 0 spiro atoms. The summed E-state index contributed by atoms with van der Waals surface area (Å²) in [6.45, 7) is 3.58. The Morgan fingerprint density at radius 1 is 0.816 bits per heavy atom. The molecular formula is C27H19Cl3O8. The Hall–Kier alpha value is -3.59. The first-order valence-corrected chi connectivity index (χ1v) is 12.4. The largest absolute Gasteiger partial charge is 0.456 e. The second kappa shape index (κ2) is 11.0. The van der Waals surface area contributed by atoms with Gasteiger partial charge in [0.25, 0.3) is 0 Å². The fraction of sp³-hybridized carbons (Fsp3) is 0.185. The van der Waals surface area contributed by atoms with Crippen LogP contribution >= 0.6 is 34.8 Å². The van der Waals surface area contributed by atoms with Gasteiger partial charge in [-0.3, -0.25) is 14.4 Å². The van der Waals surface area contributed by atoms with Crippen LogP contribution in [0, 0.1) is 0 Å². The summed E-state index contributed by atoms with van der Waals surface area (Å²) in [6.07, 6.45) is 0. The molecule has 38 heavy (non-hydrogen) atoms. The normalized spacial score (nSPS) is 12.1. The number of esters is 4. The van der Waals surface area contributed by atoms with Crippen molar-refractivity contribution in [2.75, 3.05) is 0 Å². The molecule has 0 aromatic heterocycles. The summed E-state index contributed by atoms with van der Waals surface area (Å²) in [7, 11) is 0. The van der Waals surface area contributed by atoms with Gasteiger partial charge in [0.2, 0.25) is 0 Å². The van der Waals surface area contributed by atoms with Crippen molar-refractivity contribution in [3.63, 3.8) is 0 Å². The summed E-state index contributed by atoms with van der Waals surface area (Å²) in [5.74, 6) is -3.00. The van der Waals surface area contributed by atoms with Crippen LogP contribution in [0.3, 0.4) is 0 Å². The van der Waals surface area contributed by atoms with E-state index in [-0.39, 0.29) is 44.5 Å². The fourth-order valence-corrected chi connectivity index (χ4v) is 4.88. The molecule has 0 N–H and O–H groups in total. The Labute approximate surface area is 232 Å². The zero-order valence-electron chi connectivity index (χ0n) is 20.2. The Balaban J connectivity index is 2.04. The van der Waals surface area contributed by atoms with Crippen molar-refractivity contribution in [3.05, 3.63) is 80.3 Å². The summed E-state index contributed by atoms with van der Waals surface area (Å²) in [6, 6.07) is 10.8. The molecule has 3 aromatic rings. The van der Waals surface area contributed by atoms with Gasteiger partial charge in [-0.15, -0.1) is 11.6 Å². The van der Waals surface area contributed by atoms with E-state index in [1.807, 2.05) is 0 Å². The number of ether oxygens (including phenoxy) is 4. The second-order valence-electron chi connectivity index (χ2n) is 8.26. The molecule has 196 valence electrons. The second-order valence-corrected chi connectivity index (χ2v) is 9.34. The molecule has 1 heterocycles. The molecule has 11 heteroatoms. The van der Waals surface area contributed by atoms with E-state index in [4.69, 9.17) is 53.8 Å². The van der Waals surface area contributed by atoms with E-state index in [9.17, 15) is 19.2 Å². The first-order valence-electron chi connectivity index (χ1n) is 11.1. The van der Waals surface area contributed by atoms with Crippen molar-refractivity contribution in [2.45, 2.75) is 32.6 Å². The van der Waals surface area contributed by atoms with Crippen molar-refractivity contribution >= 4 is 58.7 Å². The van der Waals surface area contributed by atoms with E-state index in [1.165, 1.54) is 32.0 Å². The number of fused-ring (bicyclic) bond motifs is 2. The molecule has 0 bridgehead atoms. The number of benzene rings is 3. The number of hydrogen-bond donors (Lipinski definition) is 0. The Morgan fingerprint density at radius 2 is 1.34 bits per heavy atom. The number of rotatable bonds is 5. The van der Waals surface area contributed by atoms with E-state index in [0.29, 0.717) is 22.3 Å². The molecule has 0 unspecified atom stereocenters. The lowest BCUT2D eigenvalue weighted by atomic mass is 9.78. The average molecular weight is 578 g/mol. The maximum absolute atomic E-state index is 13.0. The third-order valence-corrected chi connectivity index (χ3v) is 6.44. The molecule has 1 aliphatic heterocycles. The summed E-state index contributed by atoms with van der Waals surface area (Å²) in [4.78, 5) is 47.8. The third kappa shape index (κ3) is 5.48. The first-order chi connectivity index (χ1) is 18.0. The van der Waals surface area contributed by atoms with Crippen LogP contribution in [-0.4, -0.2) is 23.9 Å². The molecule has 0 saturated carbocycles. The fourth-order valence-electron chi connectivity index (χ4n) is 4.23. The van der Waals surface area contributed by atoms with Crippen LogP contribution in [0.1, 0.15) is 59.3 Å². The molecule has 0 saturated heterocycles. The SMILES string of the molecule is CC(=O)OC(=O)c1cccc(CCl)c1C1c2cc(Cl)c(OC(C)=O)cc2Oc2cc(OC(C)=O)c(Cl)cc21. The van der Waals surface area contributed by atoms with Gasteiger partial charge in [-0.2, -0.15) is 0 Å². The topological polar surface area (TPSA) is 105 Å². The molecule has 8 nitrogen and oxygen atoms in total. The lowest BCUT2D eigenvalue weighted by molar-refractivity contribution is -0.135. The summed E-state index contributed by atoms with van der Waals surface area (Å²) in [5.41, 5.74) is 2.05. The van der Waals surface area contributed by atoms with Gasteiger partial charge in [-0.25, -0.2) is 4.79 Å². The predicted octanol–water partition coefficient (Wildman–Crippen LogP) is 6.57. The molecular weight excluding hydrogens is 559 g/mol. The smallest absolute Gasteiger partial charge is 0.346 e.